The van der Waals surface area contributed by atoms with Gasteiger partial charge in [-0.3, -0.25) is 9.36 Å². The Bertz CT molecular complexity index is 492. The van der Waals surface area contributed by atoms with E-state index in [4.69, 9.17) is 0 Å². The van der Waals surface area contributed by atoms with E-state index in [0.717, 1.165) is 19.5 Å². The van der Waals surface area contributed by atoms with Gasteiger partial charge in [-0.1, -0.05) is 18.7 Å². The lowest BCUT2D eigenvalue weighted by molar-refractivity contribution is -0.128. The summed E-state index contributed by atoms with van der Waals surface area (Å²) in [6.45, 7) is 3.78. The van der Waals surface area contributed by atoms with Gasteiger partial charge in [0.25, 0.3) is 0 Å². The normalized spacial score (nSPS) is 14.6. The van der Waals surface area contributed by atoms with E-state index in [9.17, 15) is 9.59 Å². The third kappa shape index (κ3) is 3.86. The Hall–Kier alpha value is -1.24. The summed E-state index contributed by atoms with van der Waals surface area (Å²) < 4.78 is 1.42. The molecule has 7 heteroatoms. The van der Waals surface area contributed by atoms with Crippen molar-refractivity contribution in [3.63, 3.8) is 0 Å². The number of amides is 1. The van der Waals surface area contributed by atoms with Gasteiger partial charge in [-0.2, -0.15) is 0 Å². The first kappa shape index (κ1) is 14.2. The van der Waals surface area contributed by atoms with Crippen molar-refractivity contribution in [2.75, 3.05) is 18.8 Å². The fraction of sp³-hybridized carbons (Fsp3) is 0.750. The van der Waals surface area contributed by atoms with Crippen LogP contribution in [0.1, 0.15) is 26.2 Å². The smallest absolute Gasteiger partial charge is 0.342 e. The summed E-state index contributed by atoms with van der Waals surface area (Å²) in [6, 6.07) is 0. The molecule has 1 saturated carbocycles. The predicted octanol–water partition coefficient (Wildman–Crippen LogP) is 0.849. The number of rotatable bonds is 7. The Kier molecular flexibility index (Phi) is 4.68. The minimum atomic E-state index is -0.252. The number of thioether (sulfide) groups is 1. The monoisotopic (exact) mass is 284 g/mol. The zero-order valence-corrected chi connectivity index (χ0v) is 12.2. The van der Waals surface area contributed by atoms with Crippen molar-refractivity contribution in [2.24, 2.45) is 13.0 Å². The van der Waals surface area contributed by atoms with Crippen LogP contribution in [0.2, 0.25) is 0 Å². The molecule has 0 radical (unpaired) electrons. The summed E-state index contributed by atoms with van der Waals surface area (Å²) in [5.41, 5.74) is -0.252. The highest BCUT2D eigenvalue weighted by Gasteiger charge is 2.26. The van der Waals surface area contributed by atoms with Crippen LogP contribution in [-0.2, 0) is 11.8 Å². The molecule has 0 aromatic carbocycles. The summed E-state index contributed by atoms with van der Waals surface area (Å²) >= 11 is 1.31. The van der Waals surface area contributed by atoms with Crippen molar-refractivity contribution in [2.45, 2.75) is 31.3 Å². The molecule has 0 saturated heterocycles. The molecule has 0 aliphatic heterocycles. The third-order valence-corrected chi connectivity index (χ3v) is 4.20. The molecule has 1 aliphatic rings. The van der Waals surface area contributed by atoms with Crippen molar-refractivity contribution in [3.05, 3.63) is 10.5 Å². The van der Waals surface area contributed by atoms with Gasteiger partial charge in [-0.15, -0.1) is 5.10 Å². The molecule has 2 rings (SSSR count). The van der Waals surface area contributed by atoms with Gasteiger partial charge in [-0.05, 0) is 25.2 Å². The largest absolute Gasteiger partial charge is 0.343 e. The van der Waals surface area contributed by atoms with Crippen LogP contribution in [0.4, 0.5) is 0 Å². The van der Waals surface area contributed by atoms with Gasteiger partial charge < -0.3 is 4.90 Å². The fourth-order valence-corrected chi connectivity index (χ4v) is 2.70. The van der Waals surface area contributed by atoms with Gasteiger partial charge in [0.05, 0.1) is 5.75 Å². The van der Waals surface area contributed by atoms with E-state index in [1.807, 2.05) is 4.90 Å². The average molecular weight is 284 g/mol. The number of carbonyl (C=O) groups excluding carboxylic acids is 1. The number of aromatic amines is 1. The average Bonchev–Trinajstić information content (AvgIpc) is 3.15. The summed E-state index contributed by atoms with van der Waals surface area (Å²) in [4.78, 5) is 25.3. The molecule has 1 aromatic rings. The Morgan fingerprint density at radius 3 is 2.84 bits per heavy atom. The molecule has 0 atom stereocenters. The molecule has 1 heterocycles. The summed E-state index contributed by atoms with van der Waals surface area (Å²) in [7, 11) is 1.65. The van der Waals surface area contributed by atoms with Crippen LogP contribution >= 0.6 is 11.8 Å². The highest BCUT2D eigenvalue weighted by molar-refractivity contribution is 7.99. The van der Waals surface area contributed by atoms with Crippen LogP contribution in [-0.4, -0.2) is 44.4 Å². The molecular weight excluding hydrogens is 264 g/mol. The van der Waals surface area contributed by atoms with E-state index in [1.165, 1.54) is 29.2 Å². The molecule has 0 unspecified atom stereocenters. The first-order chi connectivity index (χ1) is 9.11. The number of hydrogen-bond donors (Lipinski definition) is 1. The Morgan fingerprint density at radius 2 is 2.32 bits per heavy atom. The molecule has 106 valence electrons. The van der Waals surface area contributed by atoms with Crippen LogP contribution in [0.3, 0.4) is 0 Å². The van der Waals surface area contributed by atoms with Gasteiger partial charge in [0, 0.05) is 20.1 Å². The van der Waals surface area contributed by atoms with Crippen LogP contribution in [0.25, 0.3) is 0 Å². The fourth-order valence-electron chi connectivity index (χ4n) is 1.88. The van der Waals surface area contributed by atoms with Gasteiger partial charge >= 0.3 is 5.69 Å². The van der Waals surface area contributed by atoms with E-state index < -0.39 is 0 Å². The topological polar surface area (TPSA) is 71.0 Å². The van der Waals surface area contributed by atoms with E-state index in [2.05, 4.69) is 17.1 Å². The van der Waals surface area contributed by atoms with E-state index in [1.54, 1.807) is 7.05 Å². The lowest BCUT2D eigenvalue weighted by Crippen LogP contribution is -2.35. The molecule has 1 aromatic heterocycles. The van der Waals surface area contributed by atoms with Gasteiger partial charge in [0.2, 0.25) is 5.91 Å². The second-order valence-corrected chi connectivity index (χ2v) is 5.88. The van der Waals surface area contributed by atoms with Crippen LogP contribution in [0, 0.1) is 5.92 Å². The highest BCUT2D eigenvalue weighted by atomic mass is 32.2. The van der Waals surface area contributed by atoms with Gasteiger partial charge in [0.1, 0.15) is 0 Å². The quantitative estimate of drug-likeness (QED) is 0.754. The molecule has 1 N–H and O–H groups in total. The number of hydrogen-bond acceptors (Lipinski definition) is 4. The lowest BCUT2D eigenvalue weighted by Gasteiger charge is -2.21. The van der Waals surface area contributed by atoms with Crippen molar-refractivity contribution >= 4 is 17.7 Å². The molecule has 1 fully saturated rings. The highest BCUT2D eigenvalue weighted by Crippen LogP contribution is 2.30. The van der Waals surface area contributed by atoms with Crippen molar-refractivity contribution in [3.8, 4) is 0 Å². The van der Waals surface area contributed by atoms with E-state index >= 15 is 0 Å². The first-order valence-electron chi connectivity index (χ1n) is 6.63. The van der Waals surface area contributed by atoms with Crippen LogP contribution in [0.5, 0.6) is 0 Å². The number of H-pyrrole nitrogens is 1. The maximum atomic E-state index is 12.2. The van der Waals surface area contributed by atoms with Crippen molar-refractivity contribution < 1.29 is 4.79 Å². The number of aromatic nitrogens is 3. The molecule has 0 bridgehead atoms. The minimum Gasteiger partial charge on any atom is -0.342 e. The zero-order valence-electron chi connectivity index (χ0n) is 11.4. The van der Waals surface area contributed by atoms with Crippen molar-refractivity contribution in [1.82, 2.24) is 19.7 Å². The lowest BCUT2D eigenvalue weighted by atomic mass is 10.3. The SMILES string of the molecule is CCCN(CC1CC1)C(=O)CSc1n[nH]c(=O)n1C. The maximum absolute atomic E-state index is 12.2. The number of nitrogens with zero attached hydrogens (tertiary/aromatic N) is 3. The summed E-state index contributed by atoms with van der Waals surface area (Å²) in [5.74, 6) is 1.18. The molecule has 6 nitrogen and oxygen atoms in total. The molecule has 1 aliphatic carbocycles. The zero-order chi connectivity index (χ0) is 13.8. The van der Waals surface area contributed by atoms with E-state index in [-0.39, 0.29) is 11.6 Å². The maximum Gasteiger partial charge on any atom is 0.343 e. The van der Waals surface area contributed by atoms with E-state index in [0.29, 0.717) is 16.8 Å². The van der Waals surface area contributed by atoms with Crippen LogP contribution in [0.15, 0.2) is 9.95 Å². The standard InChI is InChI=1S/C12H20N4O2S/c1-3-6-16(7-9-4-5-9)10(17)8-19-12-14-13-11(18)15(12)2/h9H,3-8H2,1-2H3,(H,13,18). The Morgan fingerprint density at radius 1 is 1.58 bits per heavy atom. The van der Waals surface area contributed by atoms with Crippen molar-refractivity contribution in [1.29, 1.82) is 0 Å². The number of carbonyl (C=O) groups is 1. The number of nitrogens with one attached hydrogen (secondary N) is 1. The van der Waals surface area contributed by atoms with Gasteiger partial charge in [0.15, 0.2) is 5.16 Å². The third-order valence-electron chi connectivity index (χ3n) is 3.19. The Labute approximate surface area is 116 Å². The Balaban J connectivity index is 1.87. The second-order valence-electron chi connectivity index (χ2n) is 4.94. The molecule has 19 heavy (non-hydrogen) atoms. The predicted molar refractivity (Wildman–Crippen MR) is 74.1 cm³/mol. The minimum absolute atomic E-state index is 0.134. The van der Waals surface area contributed by atoms with Crippen LogP contribution < -0.4 is 5.69 Å². The molecular formula is C12H20N4O2S. The van der Waals surface area contributed by atoms with Gasteiger partial charge in [-0.25, -0.2) is 9.89 Å². The second kappa shape index (κ2) is 6.27. The first-order valence-corrected chi connectivity index (χ1v) is 7.62. The summed E-state index contributed by atoms with van der Waals surface area (Å²) in [6.07, 6.45) is 3.47. The molecule has 0 spiro atoms. The molecule has 1 amide bonds. The summed E-state index contributed by atoms with van der Waals surface area (Å²) in [5, 5.41) is 6.81.